The predicted molar refractivity (Wildman–Crippen MR) is 73.1 cm³/mol. The van der Waals surface area contributed by atoms with Crippen molar-refractivity contribution in [1.82, 2.24) is 5.32 Å². The first-order valence-electron chi connectivity index (χ1n) is 6.61. The van der Waals surface area contributed by atoms with Crippen LogP contribution in [0.4, 0.5) is 0 Å². The number of aryl methyl sites for hydroxylation is 2. The summed E-state index contributed by atoms with van der Waals surface area (Å²) in [5, 5.41) is 13.2. The van der Waals surface area contributed by atoms with E-state index in [4.69, 9.17) is 4.74 Å². The minimum absolute atomic E-state index is 0.265. The molecule has 0 aliphatic heterocycles. The lowest BCUT2D eigenvalue weighted by atomic mass is 10.1. The van der Waals surface area contributed by atoms with Crippen LogP contribution in [0.2, 0.25) is 0 Å². The number of benzene rings is 1. The zero-order valence-electron chi connectivity index (χ0n) is 11.5. The average Bonchev–Trinajstić information content (AvgIpc) is 3.01. The molecule has 1 unspecified atom stereocenters. The first-order chi connectivity index (χ1) is 8.47. The van der Waals surface area contributed by atoms with Crippen molar-refractivity contribution in [2.75, 3.05) is 13.2 Å². The standard InChI is InChI=1S/C15H23NO2/c1-11-6-12(2)8-14(7-11)18-10-13(17)9-16-15(3)4-5-15/h6-8,13,16-17H,4-5,9-10H2,1-3H3. The Morgan fingerprint density at radius 1 is 1.28 bits per heavy atom. The van der Waals surface area contributed by atoms with Gasteiger partial charge in [0, 0.05) is 12.1 Å². The Morgan fingerprint density at radius 2 is 1.89 bits per heavy atom. The highest BCUT2D eigenvalue weighted by atomic mass is 16.5. The van der Waals surface area contributed by atoms with E-state index in [0.717, 1.165) is 5.75 Å². The SMILES string of the molecule is Cc1cc(C)cc(OCC(O)CNC2(C)CC2)c1. The molecule has 2 N–H and O–H groups in total. The largest absolute Gasteiger partial charge is 0.491 e. The van der Waals surface area contributed by atoms with Crippen molar-refractivity contribution in [2.24, 2.45) is 0 Å². The van der Waals surface area contributed by atoms with E-state index < -0.39 is 6.10 Å². The predicted octanol–water partition coefficient (Wildman–Crippen LogP) is 2.19. The molecule has 0 amide bonds. The Morgan fingerprint density at radius 3 is 2.44 bits per heavy atom. The quantitative estimate of drug-likeness (QED) is 0.812. The zero-order valence-corrected chi connectivity index (χ0v) is 11.5. The number of aliphatic hydroxyl groups is 1. The fourth-order valence-corrected chi connectivity index (χ4v) is 2.00. The molecule has 1 atom stereocenters. The summed E-state index contributed by atoms with van der Waals surface area (Å²) in [7, 11) is 0. The fraction of sp³-hybridized carbons (Fsp3) is 0.600. The lowest BCUT2D eigenvalue weighted by Gasteiger charge is -2.17. The highest BCUT2D eigenvalue weighted by Gasteiger charge is 2.36. The third-order valence-corrected chi connectivity index (χ3v) is 3.40. The molecule has 0 bridgehead atoms. The van der Waals surface area contributed by atoms with Gasteiger partial charge in [0.1, 0.15) is 18.5 Å². The first-order valence-corrected chi connectivity index (χ1v) is 6.61. The van der Waals surface area contributed by atoms with Gasteiger partial charge in [-0.2, -0.15) is 0 Å². The van der Waals surface area contributed by atoms with E-state index in [1.807, 2.05) is 26.0 Å². The second-order valence-electron chi connectivity index (χ2n) is 5.73. The molecule has 0 spiro atoms. The maximum Gasteiger partial charge on any atom is 0.119 e. The molecule has 0 heterocycles. The van der Waals surface area contributed by atoms with Gasteiger partial charge in [0.05, 0.1) is 0 Å². The normalized spacial score (nSPS) is 18.4. The lowest BCUT2D eigenvalue weighted by Crippen LogP contribution is -2.37. The fourth-order valence-electron chi connectivity index (χ4n) is 2.00. The summed E-state index contributed by atoms with van der Waals surface area (Å²) < 4.78 is 5.63. The van der Waals surface area contributed by atoms with Gasteiger partial charge in [-0.1, -0.05) is 6.07 Å². The molecule has 100 valence electrons. The smallest absolute Gasteiger partial charge is 0.119 e. The van der Waals surface area contributed by atoms with Crippen molar-refractivity contribution >= 4 is 0 Å². The van der Waals surface area contributed by atoms with Crippen molar-refractivity contribution in [3.63, 3.8) is 0 Å². The van der Waals surface area contributed by atoms with Gasteiger partial charge < -0.3 is 15.2 Å². The van der Waals surface area contributed by atoms with E-state index in [-0.39, 0.29) is 5.54 Å². The molecule has 1 saturated carbocycles. The molecular weight excluding hydrogens is 226 g/mol. The molecule has 1 fully saturated rings. The van der Waals surface area contributed by atoms with Crippen LogP contribution in [0.3, 0.4) is 0 Å². The second-order valence-corrected chi connectivity index (χ2v) is 5.73. The van der Waals surface area contributed by atoms with E-state index >= 15 is 0 Å². The van der Waals surface area contributed by atoms with Crippen LogP contribution < -0.4 is 10.1 Å². The van der Waals surface area contributed by atoms with E-state index in [2.05, 4.69) is 18.3 Å². The summed E-state index contributed by atoms with van der Waals surface area (Å²) in [5.74, 6) is 0.837. The van der Waals surface area contributed by atoms with Gasteiger partial charge >= 0.3 is 0 Å². The number of nitrogens with one attached hydrogen (secondary N) is 1. The van der Waals surface area contributed by atoms with E-state index in [1.165, 1.54) is 24.0 Å². The van der Waals surface area contributed by atoms with Gasteiger partial charge in [-0.3, -0.25) is 0 Å². The van der Waals surface area contributed by atoms with Gasteiger partial charge in [0.2, 0.25) is 0 Å². The van der Waals surface area contributed by atoms with Crippen LogP contribution in [0, 0.1) is 13.8 Å². The Bertz CT molecular complexity index is 393. The van der Waals surface area contributed by atoms with Crippen LogP contribution in [0.15, 0.2) is 18.2 Å². The molecule has 1 aliphatic rings. The summed E-state index contributed by atoms with van der Waals surface area (Å²) in [6.45, 7) is 7.22. The number of aliphatic hydroxyl groups excluding tert-OH is 1. The topological polar surface area (TPSA) is 41.5 Å². The van der Waals surface area contributed by atoms with Crippen LogP contribution >= 0.6 is 0 Å². The Balaban J connectivity index is 1.76. The molecule has 1 aliphatic carbocycles. The van der Waals surface area contributed by atoms with Crippen LogP contribution in [-0.4, -0.2) is 29.9 Å². The molecule has 0 radical (unpaired) electrons. The van der Waals surface area contributed by atoms with E-state index in [0.29, 0.717) is 13.2 Å². The minimum atomic E-state index is -0.455. The molecule has 18 heavy (non-hydrogen) atoms. The third-order valence-electron chi connectivity index (χ3n) is 3.40. The highest BCUT2D eigenvalue weighted by molar-refractivity contribution is 5.32. The van der Waals surface area contributed by atoms with Crippen molar-refractivity contribution < 1.29 is 9.84 Å². The third kappa shape index (κ3) is 4.00. The van der Waals surface area contributed by atoms with E-state index in [1.54, 1.807) is 0 Å². The minimum Gasteiger partial charge on any atom is -0.491 e. The number of ether oxygens (including phenoxy) is 1. The summed E-state index contributed by atoms with van der Waals surface area (Å²) in [4.78, 5) is 0. The first kappa shape index (κ1) is 13.4. The molecule has 1 aromatic carbocycles. The Kier molecular flexibility index (Phi) is 3.93. The number of hydrogen-bond donors (Lipinski definition) is 2. The number of rotatable bonds is 6. The van der Waals surface area contributed by atoms with Gasteiger partial charge in [-0.15, -0.1) is 0 Å². The molecule has 3 heteroatoms. The van der Waals surface area contributed by atoms with Crippen molar-refractivity contribution in [1.29, 1.82) is 0 Å². The van der Waals surface area contributed by atoms with Crippen molar-refractivity contribution in [2.45, 2.75) is 45.3 Å². The van der Waals surface area contributed by atoms with Gasteiger partial charge in [-0.25, -0.2) is 0 Å². The summed E-state index contributed by atoms with van der Waals surface area (Å²) >= 11 is 0. The van der Waals surface area contributed by atoms with Crippen molar-refractivity contribution in [3.8, 4) is 5.75 Å². The monoisotopic (exact) mass is 249 g/mol. The maximum atomic E-state index is 9.85. The Hall–Kier alpha value is -1.06. The zero-order chi connectivity index (χ0) is 13.2. The van der Waals surface area contributed by atoms with E-state index in [9.17, 15) is 5.11 Å². The maximum absolute atomic E-state index is 9.85. The average molecular weight is 249 g/mol. The lowest BCUT2D eigenvalue weighted by molar-refractivity contribution is 0.103. The van der Waals surface area contributed by atoms with Gasteiger partial charge in [0.25, 0.3) is 0 Å². The highest BCUT2D eigenvalue weighted by Crippen LogP contribution is 2.34. The van der Waals surface area contributed by atoms with Gasteiger partial charge in [0.15, 0.2) is 0 Å². The molecule has 2 rings (SSSR count). The number of hydrogen-bond acceptors (Lipinski definition) is 3. The number of β-amino-alcohol motifs (C(OH)–C–C–N with tert-alkyl or cyclic N) is 1. The second kappa shape index (κ2) is 5.29. The molecule has 1 aromatic rings. The van der Waals surface area contributed by atoms with Crippen LogP contribution in [-0.2, 0) is 0 Å². The molecular formula is C15H23NO2. The summed E-state index contributed by atoms with van der Waals surface area (Å²) in [5.41, 5.74) is 2.63. The molecule has 3 nitrogen and oxygen atoms in total. The van der Waals surface area contributed by atoms with Crippen LogP contribution in [0.25, 0.3) is 0 Å². The molecule has 0 aromatic heterocycles. The summed E-state index contributed by atoms with van der Waals surface area (Å²) in [6, 6.07) is 6.10. The van der Waals surface area contributed by atoms with Gasteiger partial charge in [-0.05, 0) is 56.9 Å². The van der Waals surface area contributed by atoms with Crippen molar-refractivity contribution in [3.05, 3.63) is 29.3 Å². The molecule has 0 saturated heterocycles. The summed E-state index contributed by atoms with van der Waals surface area (Å²) in [6.07, 6.45) is 1.96. The van der Waals surface area contributed by atoms with Crippen LogP contribution in [0.5, 0.6) is 5.75 Å². The van der Waals surface area contributed by atoms with Crippen LogP contribution in [0.1, 0.15) is 30.9 Å². The Labute approximate surface area is 109 Å².